The molecule has 0 spiro atoms. The largest absolute Gasteiger partial charge is 0.321 e. The normalized spacial score (nSPS) is 17.8. The smallest absolute Gasteiger partial charge is 0.175 e. The molecule has 3 aromatic rings. The highest BCUT2D eigenvalue weighted by molar-refractivity contribution is 7.90. The Morgan fingerprint density at radius 3 is 2.33 bits per heavy atom. The SMILES string of the molecule is CS(=O)(=O)c1ccc(-c2nc3c(F)cc(C4CCNCC4)cc3n2C2CC2)cc1.Cl. The predicted molar refractivity (Wildman–Crippen MR) is 119 cm³/mol. The predicted octanol–water partition coefficient (Wildman–Crippen LogP) is 4.47. The molecule has 0 amide bonds. The van der Waals surface area contributed by atoms with Gasteiger partial charge >= 0.3 is 0 Å². The number of fused-ring (bicyclic) bond motifs is 1. The number of rotatable bonds is 4. The summed E-state index contributed by atoms with van der Waals surface area (Å²) in [4.78, 5) is 4.92. The maximum absolute atomic E-state index is 15.0. The molecule has 2 heterocycles. The van der Waals surface area contributed by atoms with Gasteiger partial charge in [0.15, 0.2) is 15.7 Å². The van der Waals surface area contributed by atoms with Gasteiger partial charge < -0.3 is 9.88 Å². The van der Waals surface area contributed by atoms with E-state index in [2.05, 4.69) is 20.9 Å². The summed E-state index contributed by atoms with van der Waals surface area (Å²) in [5.41, 5.74) is 3.11. The van der Waals surface area contributed by atoms with E-state index in [0.717, 1.165) is 55.4 Å². The maximum Gasteiger partial charge on any atom is 0.175 e. The van der Waals surface area contributed by atoms with Crippen LogP contribution in [0.4, 0.5) is 4.39 Å². The molecule has 2 aliphatic rings. The van der Waals surface area contributed by atoms with E-state index in [1.54, 1.807) is 30.3 Å². The van der Waals surface area contributed by atoms with E-state index in [9.17, 15) is 8.42 Å². The molecule has 2 fully saturated rings. The Morgan fingerprint density at radius 2 is 1.73 bits per heavy atom. The van der Waals surface area contributed by atoms with Crippen LogP contribution in [-0.2, 0) is 9.84 Å². The van der Waals surface area contributed by atoms with E-state index in [0.29, 0.717) is 23.3 Å². The van der Waals surface area contributed by atoms with Crippen LogP contribution in [0.1, 0.15) is 43.2 Å². The van der Waals surface area contributed by atoms with Gasteiger partial charge in [-0.15, -0.1) is 12.4 Å². The second kappa shape index (κ2) is 7.94. The fraction of sp³-hybridized carbons (Fsp3) is 0.409. The van der Waals surface area contributed by atoms with Crippen LogP contribution >= 0.6 is 12.4 Å². The van der Waals surface area contributed by atoms with E-state index >= 15 is 4.39 Å². The Balaban J connectivity index is 0.00000218. The molecule has 30 heavy (non-hydrogen) atoms. The van der Waals surface area contributed by atoms with Gasteiger partial charge in [-0.3, -0.25) is 0 Å². The average molecular weight is 450 g/mol. The van der Waals surface area contributed by atoms with E-state index < -0.39 is 9.84 Å². The molecule has 0 atom stereocenters. The molecule has 160 valence electrons. The van der Waals surface area contributed by atoms with E-state index in [1.165, 1.54) is 6.26 Å². The minimum atomic E-state index is -3.26. The second-order valence-corrected chi connectivity index (χ2v) is 10.2. The van der Waals surface area contributed by atoms with Crippen molar-refractivity contribution in [1.29, 1.82) is 0 Å². The molecule has 0 unspecified atom stereocenters. The molecule has 5 nitrogen and oxygen atoms in total. The standard InChI is InChI=1S/C22H24FN3O2S.ClH/c1-29(27,28)18-6-2-15(3-7-18)22-25-21-19(23)12-16(14-8-10-24-11-9-14)13-20(21)26(22)17-4-5-17;/h2-3,6-7,12-14,17,24H,4-5,8-11H2,1H3;1H. The third kappa shape index (κ3) is 3.86. The van der Waals surface area contributed by atoms with Crippen LogP contribution in [0.5, 0.6) is 0 Å². The molecule has 0 bridgehead atoms. The van der Waals surface area contributed by atoms with Crippen molar-refractivity contribution in [2.24, 2.45) is 0 Å². The van der Waals surface area contributed by atoms with Crippen LogP contribution in [0.25, 0.3) is 22.4 Å². The van der Waals surface area contributed by atoms with Crippen molar-refractivity contribution in [3.8, 4) is 11.4 Å². The van der Waals surface area contributed by atoms with Gasteiger partial charge in [0.25, 0.3) is 0 Å². The van der Waals surface area contributed by atoms with Crippen LogP contribution in [0.15, 0.2) is 41.3 Å². The summed E-state index contributed by atoms with van der Waals surface area (Å²) >= 11 is 0. The van der Waals surface area contributed by atoms with E-state index in [4.69, 9.17) is 0 Å². The molecule has 1 saturated carbocycles. The summed E-state index contributed by atoms with van der Waals surface area (Å²) < 4.78 is 40.7. The Labute approximate surface area is 182 Å². The van der Waals surface area contributed by atoms with Crippen molar-refractivity contribution in [1.82, 2.24) is 14.9 Å². The molecule has 0 radical (unpaired) electrons. The zero-order valence-corrected chi connectivity index (χ0v) is 18.4. The van der Waals surface area contributed by atoms with E-state index in [-0.39, 0.29) is 23.1 Å². The number of aromatic nitrogens is 2. The number of nitrogens with one attached hydrogen (secondary N) is 1. The molecule has 1 aromatic heterocycles. The molecule has 1 aliphatic carbocycles. The number of nitrogens with zero attached hydrogens (tertiary/aromatic N) is 2. The first-order valence-electron chi connectivity index (χ1n) is 10.1. The van der Waals surface area contributed by atoms with Gasteiger partial charge in [-0.2, -0.15) is 0 Å². The fourth-order valence-electron chi connectivity index (χ4n) is 4.32. The summed E-state index contributed by atoms with van der Waals surface area (Å²) in [5, 5.41) is 3.36. The number of imidazole rings is 1. The topological polar surface area (TPSA) is 64.0 Å². The lowest BCUT2D eigenvalue weighted by molar-refractivity contribution is 0.459. The summed E-state index contributed by atoms with van der Waals surface area (Å²) in [6, 6.07) is 10.8. The highest BCUT2D eigenvalue weighted by Gasteiger charge is 2.30. The first kappa shape index (κ1) is 21.3. The summed E-state index contributed by atoms with van der Waals surface area (Å²) in [5.74, 6) is 0.809. The number of hydrogen-bond donors (Lipinski definition) is 1. The van der Waals surface area contributed by atoms with Crippen molar-refractivity contribution in [3.05, 3.63) is 47.8 Å². The molecule has 8 heteroatoms. The Morgan fingerprint density at radius 1 is 1.07 bits per heavy atom. The molecule has 5 rings (SSSR count). The number of piperidine rings is 1. The first-order chi connectivity index (χ1) is 13.9. The minimum absolute atomic E-state index is 0. The Kier molecular flexibility index (Phi) is 5.64. The van der Waals surface area contributed by atoms with Gasteiger partial charge in [-0.05, 0) is 86.7 Å². The molecular formula is C22H25ClFN3O2S. The monoisotopic (exact) mass is 449 g/mol. The second-order valence-electron chi connectivity index (χ2n) is 8.23. The van der Waals surface area contributed by atoms with Gasteiger partial charge in [-0.25, -0.2) is 17.8 Å². The molecule has 2 aromatic carbocycles. The van der Waals surface area contributed by atoms with Crippen LogP contribution < -0.4 is 5.32 Å². The van der Waals surface area contributed by atoms with E-state index in [1.807, 2.05) is 0 Å². The Hall–Kier alpha value is -1.96. The minimum Gasteiger partial charge on any atom is -0.321 e. The summed E-state index contributed by atoms with van der Waals surface area (Å²) in [6.45, 7) is 1.92. The lowest BCUT2D eigenvalue weighted by Gasteiger charge is -2.23. The third-order valence-corrected chi connectivity index (χ3v) is 7.16. The molecular weight excluding hydrogens is 425 g/mol. The lowest BCUT2D eigenvalue weighted by atomic mass is 9.90. The van der Waals surface area contributed by atoms with Gasteiger partial charge in [0, 0.05) is 17.9 Å². The van der Waals surface area contributed by atoms with Crippen LogP contribution in [-0.4, -0.2) is 37.3 Å². The third-order valence-electron chi connectivity index (χ3n) is 6.03. The van der Waals surface area contributed by atoms with Crippen molar-refractivity contribution in [2.45, 2.75) is 42.5 Å². The number of sulfone groups is 1. The maximum atomic E-state index is 15.0. The van der Waals surface area contributed by atoms with Crippen molar-refractivity contribution < 1.29 is 12.8 Å². The first-order valence-corrected chi connectivity index (χ1v) is 12.0. The highest BCUT2D eigenvalue weighted by atomic mass is 35.5. The number of hydrogen-bond acceptors (Lipinski definition) is 4. The number of halogens is 2. The van der Waals surface area contributed by atoms with Crippen molar-refractivity contribution >= 4 is 33.3 Å². The van der Waals surface area contributed by atoms with Gasteiger partial charge in [0.2, 0.25) is 0 Å². The van der Waals surface area contributed by atoms with Gasteiger partial charge in [0.05, 0.1) is 10.4 Å². The van der Waals surface area contributed by atoms with Crippen LogP contribution in [0, 0.1) is 5.82 Å². The summed E-state index contributed by atoms with van der Waals surface area (Å²) in [7, 11) is -3.26. The zero-order chi connectivity index (χ0) is 20.2. The van der Waals surface area contributed by atoms with Crippen LogP contribution in [0.2, 0.25) is 0 Å². The highest BCUT2D eigenvalue weighted by Crippen LogP contribution is 2.42. The Bertz CT molecular complexity index is 1180. The van der Waals surface area contributed by atoms with Crippen LogP contribution in [0.3, 0.4) is 0 Å². The molecule has 1 N–H and O–H groups in total. The van der Waals surface area contributed by atoms with Gasteiger partial charge in [-0.1, -0.05) is 0 Å². The molecule has 1 aliphatic heterocycles. The van der Waals surface area contributed by atoms with Crippen molar-refractivity contribution in [3.63, 3.8) is 0 Å². The average Bonchev–Trinajstić information content (AvgIpc) is 3.47. The lowest BCUT2D eigenvalue weighted by Crippen LogP contribution is -2.26. The quantitative estimate of drug-likeness (QED) is 0.638. The van der Waals surface area contributed by atoms with Gasteiger partial charge in [0.1, 0.15) is 11.3 Å². The number of benzene rings is 2. The molecule has 1 saturated heterocycles. The fourth-order valence-corrected chi connectivity index (χ4v) is 4.95. The zero-order valence-electron chi connectivity index (χ0n) is 16.8. The van der Waals surface area contributed by atoms with Crippen molar-refractivity contribution in [2.75, 3.05) is 19.3 Å². The summed E-state index contributed by atoms with van der Waals surface area (Å²) in [6.07, 6.45) is 5.34.